The number of rotatable bonds is 3. The third-order valence-electron chi connectivity index (χ3n) is 4.45. The first kappa shape index (κ1) is 13.4. The number of nitrogens with zero attached hydrogens (tertiary/aromatic N) is 4. The molecule has 1 saturated carbocycles. The predicted octanol–water partition coefficient (Wildman–Crippen LogP) is 0.389. The van der Waals surface area contributed by atoms with Crippen LogP contribution in [0.2, 0.25) is 0 Å². The van der Waals surface area contributed by atoms with Gasteiger partial charge in [-0.05, 0) is 26.7 Å². The molecule has 3 rings (SSSR count). The maximum Gasteiger partial charge on any atom is 0.244 e. The fourth-order valence-corrected chi connectivity index (χ4v) is 2.87. The van der Waals surface area contributed by atoms with Crippen LogP contribution in [0.5, 0.6) is 0 Å². The number of carbonyl (C=O) groups is 1. The number of aryl methyl sites for hydroxylation is 1. The van der Waals surface area contributed by atoms with Gasteiger partial charge in [-0.1, -0.05) is 0 Å². The van der Waals surface area contributed by atoms with Crippen LogP contribution in [0.1, 0.15) is 24.2 Å². The lowest BCUT2D eigenvalue weighted by molar-refractivity contribution is -0.133. The topological polar surface area (TPSA) is 67.4 Å². The standard InChI is InChI=1S/C14H23N5O/c1-10-14(15)11(2)19(16-10)9-13(20)18-7-5-17(6-8-18)12-3-4-12/h12H,3-9,15H2,1-2H3. The molecule has 0 aromatic carbocycles. The van der Waals surface area contributed by atoms with Crippen molar-refractivity contribution in [2.45, 2.75) is 39.3 Å². The van der Waals surface area contributed by atoms with Crippen molar-refractivity contribution in [3.63, 3.8) is 0 Å². The third kappa shape index (κ3) is 2.52. The van der Waals surface area contributed by atoms with Gasteiger partial charge in [-0.15, -0.1) is 0 Å². The molecular weight excluding hydrogens is 254 g/mol. The summed E-state index contributed by atoms with van der Waals surface area (Å²) in [5, 5.41) is 4.33. The van der Waals surface area contributed by atoms with Crippen LogP contribution in [-0.4, -0.2) is 57.7 Å². The smallest absolute Gasteiger partial charge is 0.244 e. The summed E-state index contributed by atoms with van der Waals surface area (Å²) in [4.78, 5) is 16.8. The maximum absolute atomic E-state index is 12.3. The first-order valence-electron chi connectivity index (χ1n) is 7.37. The lowest BCUT2D eigenvalue weighted by atomic mass is 10.3. The Balaban J connectivity index is 1.57. The normalized spacial score (nSPS) is 20.4. The van der Waals surface area contributed by atoms with Crippen LogP contribution in [0.15, 0.2) is 0 Å². The van der Waals surface area contributed by atoms with E-state index < -0.39 is 0 Å². The molecule has 0 radical (unpaired) electrons. The number of aromatic nitrogens is 2. The van der Waals surface area contributed by atoms with Gasteiger partial charge >= 0.3 is 0 Å². The van der Waals surface area contributed by atoms with Gasteiger partial charge in [-0.25, -0.2) is 0 Å². The van der Waals surface area contributed by atoms with E-state index in [9.17, 15) is 4.79 Å². The zero-order valence-corrected chi connectivity index (χ0v) is 12.3. The SMILES string of the molecule is Cc1nn(CC(=O)N2CCN(C3CC3)CC2)c(C)c1N. The van der Waals surface area contributed by atoms with Crippen molar-refractivity contribution in [3.8, 4) is 0 Å². The second-order valence-corrected chi connectivity index (χ2v) is 5.89. The fraction of sp³-hybridized carbons (Fsp3) is 0.714. The molecule has 6 nitrogen and oxygen atoms in total. The quantitative estimate of drug-likeness (QED) is 0.868. The summed E-state index contributed by atoms with van der Waals surface area (Å²) in [5.41, 5.74) is 8.27. The first-order valence-corrected chi connectivity index (χ1v) is 7.37. The lowest BCUT2D eigenvalue weighted by Gasteiger charge is -2.34. The molecule has 1 aromatic rings. The molecule has 0 unspecified atom stereocenters. The van der Waals surface area contributed by atoms with Gasteiger partial charge in [0.1, 0.15) is 6.54 Å². The van der Waals surface area contributed by atoms with Crippen molar-refractivity contribution < 1.29 is 4.79 Å². The number of amides is 1. The molecule has 1 aromatic heterocycles. The molecule has 0 spiro atoms. The van der Waals surface area contributed by atoms with Gasteiger partial charge in [0.25, 0.3) is 0 Å². The van der Waals surface area contributed by atoms with Crippen LogP contribution in [0.25, 0.3) is 0 Å². The summed E-state index contributed by atoms with van der Waals surface area (Å²) in [6.45, 7) is 7.78. The Kier molecular flexibility index (Phi) is 3.41. The number of carbonyl (C=O) groups excluding carboxylic acids is 1. The minimum absolute atomic E-state index is 0.144. The Labute approximate surface area is 119 Å². The molecule has 1 saturated heterocycles. The van der Waals surface area contributed by atoms with Crippen LogP contribution < -0.4 is 5.73 Å². The van der Waals surface area contributed by atoms with E-state index in [4.69, 9.17) is 5.73 Å². The van der Waals surface area contributed by atoms with Gasteiger partial charge in [0, 0.05) is 32.2 Å². The molecular formula is C14H23N5O. The van der Waals surface area contributed by atoms with E-state index >= 15 is 0 Å². The molecule has 110 valence electrons. The Morgan fingerprint density at radius 3 is 2.40 bits per heavy atom. The van der Waals surface area contributed by atoms with Gasteiger partial charge in [-0.2, -0.15) is 5.10 Å². The second-order valence-electron chi connectivity index (χ2n) is 5.89. The lowest BCUT2D eigenvalue weighted by Crippen LogP contribution is -2.50. The minimum atomic E-state index is 0.144. The molecule has 0 bridgehead atoms. The third-order valence-corrected chi connectivity index (χ3v) is 4.45. The van der Waals surface area contributed by atoms with Crippen molar-refractivity contribution in [2.24, 2.45) is 0 Å². The summed E-state index contributed by atoms with van der Waals surface area (Å²) in [6, 6.07) is 0.794. The van der Waals surface area contributed by atoms with Crippen molar-refractivity contribution in [3.05, 3.63) is 11.4 Å². The molecule has 1 amide bonds. The van der Waals surface area contributed by atoms with Crippen molar-refractivity contribution >= 4 is 11.6 Å². The van der Waals surface area contributed by atoms with Crippen LogP contribution in [0.3, 0.4) is 0 Å². The summed E-state index contributed by atoms with van der Waals surface area (Å²) >= 11 is 0. The Morgan fingerprint density at radius 2 is 1.90 bits per heavy atom. The van der Waals surface area contributed by atoms with Crippen molar-refractivity contribution in [2.75, 3.05) is 31.9 Å². The molecule has 20 heavy (non-hydrogen) atoms. The largest absolute Gasteiger partial charge is 0.396 e. The Bertz CT molecular complexity index is 512. The summed E-state index contributed by atoms with van der Waals surface area (Å²) in [5.74, 6) is 0.144. The van der Waals surface area contributed by atoms with Crippen LogP contribution in [0.4, 0.5) is 5.69 Å². The average Bonchev–Trinajstić information content (AvgIpc) is 3.26. The average molecular weight is 277 g/mol. The zero-order chi connectivity index (χ0) is 14.3. The summed E-state index contributed by atoms with van der Waals surface area (Å²) < 4.78 is 1.72. The highest BCUT2D eigenvalue weighted by Crippen LogP contribution is 2.27. The van der Waals surface area contributed by atoms with E-state index in [0.717, 1.165) is 43.6 Å². The Morgan fingerprint density at radius 1 is 1.25 bits per heavy atom. The van der Waals surface area contributed by atoms with Gasteiger partial charge in [0.05, 0.1) is 17.1 Å². The first-order chi connectivity index (χ1) is 9.56. The van der Waals surface area contributed by atoms with Crippen molar-refractivity contribution in [1.82, 2.24) is 19.6 Å². The van der Waals surface area contributed by atoms with Gasteiger partial charge in [-0.3, -0.25) is 14.4 Å². The molecule has 1 aliphatic heterocycles. The maximum atomic E-state index is 12.3. The molecule has 2 fully saturated rings. The number of nitrogen functional groups attached to an aromatic ring is 1. The fourth-order valence-electron chi connectivity index (χ4n) is 2.87. The number of hydrogen-bond acceptors (Lipinski definition) is 4. The molecule has 2 heterocycles. The van der Waals surface area contributed by atoms with Crippen molar-refractivity contribution in [1.29, 1.82) is 0 Å². The number of anilines is 1. The van der Waals surface area contributed by atoms with Gasteiger partial charge in [0.15, 0.2) is 0 Å². The van der Waals surface area contributed by atoms with E-state index in [1.807, 2.05) is 18.7 Å². The highest BCUT2D eigenvalue weighted by molar-refractivity contribution is 5.76. The van der Waals surface area contributed by atoms with E-state index in [2.05, 4.69) is 10.00 Å². The van der Waals surface area contributed by atoms with Gasteiger partial charge in [0.2, 0.25) is 5.91 Å². The predicted molar refractivity (Wildman–Crippen MR) is 77.3 cm³/mol. The molecule has 1 aliphatic carbocycles. The van der Waals surface area contributed by atoms with E-state index in [0.29, 0.717) is 12.2 Å². The summed E-state index contributed by atoms with van der Waals surface area (Å²) in [7, 11) is 0. The van der Waals surface area contributed by atoms with E-state index in [1.165, 1.54) is 12.8 Å². The zero-order valence-electron chi connectivity index (χ0n) is 12.3. The number of nitrogens with two attached hydrogens (primary N) is 1. The minimum Gasteiger partial charge on any atom is -0.396 e. The van der Waals surface area contributed by atoms with E-state index in [1.54, 1.807) is 4.68 Å². The molecule has 6 heteroatoms. The highest BCUT2D eigenvalue weighted by atomic mass is 16.2. The van der Waals surface area contributed by atoms with Gasteiger partial charge < -0.3 is 10.6 Å². The molecule has 2 aliphatic rings. The molecule has 2 N–H and O–H groups in total. The second kappa shape index (κ2) is 5.09. The highest BCUT2D eigenvalue weighted by Gasteiger charge is 2.32. The van der Waals surface area contributed by atoms with Crippen LogP contribution in [-0.2, 0) is 11.3 Å². The van der Waals surface area contributed by atoms with Crippen LogP contribution >= 0.6 is 0 Å². The monoisotopic (exact) mass is 277 g/mol. The number of piperazine rings is 1. The van der Waals surface area contributed by atoms with Crippen LogP contribution in [0, 0.1) is 13.8 Å². The molecule has 0 atom stereocenters. The number of hydrogen-bond donors (Lipinski definition) is 1. The Hall–Kier alpha value is -1.56. The summed E-state index contributed by atoms with van der Waals surface area (Å²) in [6.07, 6.45) is 2.66. The van der Waals surface area contributed by atoms with E-state index in [-0.39, 0.29) is 5.91 Å².